The minimum Gasteiger partial charge on any atom is -0.381 e. The number of carbonyl (C=O) groups excluding carboxylic acids is 1. The molecule has 0 aromatic heterocycles. The summed E-state index contributed by atoms with van der Waals surface area (Å²) in [6, 6.07) is 4.24. The lowest BCUT2D eigenvalue weighted by Gasteiger charge is -2.31. The quantitative estimate of drug-likeness (QED) is 0.840. The van der Waals surface area contributed by atoms with Crippen molar-refractivity contribution in [2.75, 3.05) is 18.5 Å². The van der Waals surface area contributed by atoms with E-state index in [2.05, 4.69) is 5.32 Å². The lowest BCUT2D eigenvalue weighted by atomic mass is 9.90. The van der Waals surface area contributed by atoms with Gasteiger partial charge in [0.05, 0.1) is 0 Å². The average molecular weight is 252 g/mol. The molecule has 18 heavy (non-hydrogen) atoms. The van der Waals surface area contributed by atoms with Gasteiger partial charge in [-0.2, -0.15) is 0 Å². The molecule has 1 aliphatic rings. The highest BCUT2D eigenvalue weighted by molar-refractivity contribution is 5.98. The number of benzene rings is 1. The van der Waals surface area contributed by atoms with E-state index >= 15 is 0 Å². The maximum atomic E-state index is 13.0. The van der Waals surface area contributed by atoms with Crippen molar-refractivity contribution in [3.63, 3.8) is 0 Å². The minimum atomic E-state index is -0.890. The first kappa shape index (κ1) is 13.0. The first-order chi connectivity index (χ1) is 8.51. The predicted octanol–water partition coefficient (Wildman–Crippen LogP) is 1.58. The largest absolute Gasteiger partial charge is 0.381 e. The molecule has 0 bridgehead atoms. The van der Waals surface area contributed by atoms with Crippen LogP contribution in [-0.4, -0.2) is 24.7 Å². The van der Waals surface area contributed by atoms with Gasteiger partial charge in [0.15, 0.2) is 0 Å². The number of nitrogens with one attached hydrogen (secondary N) is 1. The second-order valence-corrected chi connectivity index (χ2v) is 4.68. The van der Waals surface area contributed by atoms with Gasteiger partial charge in [0.25, 0.3) is 0 Å². The fraction of sp³-hybridized carbons (Fsp3) is 0.462. The normalized spacial score (nSPS) is 18.4. The molecule has 4 nitrogen and oxygen atoms in total. The Hall–Kier alpha value is -1.46. The van der Waals surface area contributed by atoms with E-state index in [-0.39, 0.29) is 11.7 Å². The lowest BCUT2D eigenvalue weighted by molar-refractivity contribution is -0.124. The summed E-state index contributed by atoms with van der Waals surface area (Å²) >= 11 is 0. The van der Waals surface area contributed by atoms with E-state index in [4.69, 9.17) is 10.5 Å². The third-order valence-corrected chi connectivity index (χ3v) is 3.27. The van der Waals surface area contributed by atoms with Crippen molar-refractivity contribution in [1.82, 2.24) is 0 Å². The van der Waals surface area contributed by atoms with Gasteiger partial charge in [-0.1, -0.05) is 0 Å². The molecule has 0 radical (unpaired) electrons. The van der Waals surface area contributed by atoms with E-state index in [9.17, 15) is 9.18 Å². The van der Waals surface area contributed by atoms with Gasteiger partial charge in [0.1, 0.15) is 11.4 Å². The summed E-state index contributed by atoms with van der Waals surface area (Å²) in [5.74, 6) is -0.556. The molecule has 2 rings (SSSR count). The van der Waals surface area contributed by atoms with Gasteiger partial charge >= 0.3 is 0 Å². The van der Waals surface area contributed by atoms with E-state index in [1.807, 2.05) is 0 Å². The van der Waals surface area contributed by atoms with Crippen LogP contribution in [-0.2, 0) is 9.53 Å². The Morgan fingerprint density at radius 2 is 2.11 bits per heavy atom. The molecule has 0 unspecified atom stereocenters. The van der Waals surface area contributed by atoms with Gasteiger partial charge in [-0.15, -0.1) is 0 Å². The highest BCUT2D eigenvalue weighted by Gasteiger charge is 2.36. The van der Waals surface area contributed by atoms with Crippen molar-refractivity contribution >= 4 is 11.6 Å². The van der Waals surface area contributed by atoms with Gasteiger partial charge in [-0.3, -0.25) is 4.79 Å². The van der Waals surface area contributed by atoms with E-state index in [1.165, 1.54) is 12.1 Å². The van der Waals surface area contributed by atoms with Crippen LogP contribution in [0, 0.1) is 12.7 Å². The van der Waals surface area contributed by atoms with E-state index < -0.39 is 5.54 Å². The van der Waals surface area contributed by atoms with Crippen LogP contribution in [0.25, 0.3) is 0 Å². The second-order valence-electron chi connectivity index (χ2n) is 4.68. The number of hydrogen-bond donors (Lipinski definition) is 2. The zero-order valence-corrected chi connectivity index (χ0v) is 10.3. The zero-order chi connectivity index (χ0) is 13.2. The summed E-state index contributed by atoms with van der Waals surface area (Å²) in [6.07, 6.45) is 0.998. The lowest BCUT2D eigenvalue weighted by Crippen LogP contribution is -2.54. The van der Waals surface area contributed by atoms with Crippen molar-refractivity contribution in [3.05, 3.63) is 29.6 Å². The topological polar surface area (TPSA) is 64.4 Å². The monoisotopic (exact) mass is 252 g/mol. The summed E-state index contributed by atoms with van der Waals surface area (Å²) < 4.78 is 18.2. The average Bonchev–Trinajstić information content (AvgIpc) is 2.33. The molecular formula is C13H17FN2O2. The molecule has 5 heteroatoms. The van der Waals surface area contributed by atoms with Crippen LogP contribution in [0.3, 0.4) is 0 Å². The van der Waals surface area contributed by atoms with E-state index in [1.54, 1.807) is 13.0 Å². The Kier molecular flexibility index (Phi) is 3.63. The predicted molar refractivity (Wildman–Crippen MR) is 66.7 cm³/mol. The summed E-state index contributed by atoms with van der Waals surface area (Å²) in [4.78, 5) is 12.1. The Bertz CT molecular complexity index is 456. The first-order valence-corrected chi connectivity index (χ1v) is 5.95. The molecule has 1 heterocycles. The van der Waals surface area contributed by atoms with Crippen LogP contribution >= 0.6 is 0 Å². The number of amides is 1. The van der Waals surface area contributed by atoms with E-state index in [0.717, 1.165) is 0 Å². The van der Waals surface area contributed by atoms with Crippen molar-refractivity contribution in [2.45, 2.75) is 25.3 Å². The summed E-state index contributed by atoms with van der Waals surface area (Å²) in [6.45, 7) is 2.73. The third kappa shape index (κ3) is 2.68. The fourth-order valence-corrected chi connectivity index (χ4v) is 1.98. The third-order valence-electron chi connectivity index (χ3n) is 3.27. The maximum Gasteiger partial charge on any atom is 0.244 e. The number of hydrogen-bond acceptors (Lipinski definition) is 3. The van der Waals surface area contributed by atoms with Crippen molar-refractivity contribution in [1.29, 1.82) is 0 Å². The Labute approximate surface area is 105 Å². The summed E-state index contributed by atoms with van der Waals surface area (Å²) in [7, 11) is 0. The van der Waals surface area contributed by atoms with Crippen LogP contribution in [0.2, 0.25) is 0 Å². The molecule has 1 fully saturated rings. The van der Waals surface area contributed by atoms with Gasteiger partial charge in [0, 0.05) is 18.9 Å². The van der Waals surface area contributed by atoms with Crippen LogP contribution < -0.4 is 11.1 Å². The Morgan fingerprint density at radius 3 is 2.72 bits per heavy atom. The second kappa shape index (κ2) is 5.04. The molecule has 3 N–H and O–H groups in total. The molecule has 1 aliphatic heterocycles. The van der Waals surface area contributed by atoms with Crippen molar-refractivity contribution in [3.8, 4) is 0 Å². The highest BCUT2D eigenvalue weighted by Crippen LogP contribution is 2.22. The summed E-state index contributed by atoms with van der Waals surface area (Å²) in [5, 5.41) is 2.76. The Morgan fingerprint density at radius 1 is 1.44 bits per heavy atom. The minimum absolute atomic E-state index is 0.236. The molecular weight excluding hydrogens is 235 g/mol. The summed E-state index contributed by atoms with van der Waals surface area (Å²) in [5.41, 5.74) is 6.45. The highest BCUT2D eigenvalue weighted by atomic mass is 19.1. The van der Waals surface area contributed by atoms with Crippen LogP contribution in [0.15, 0.2) is 18.2 Å². The molecule has 1 aromatic carbocycles. The van der Waals surface area contributed by atoms with Crippen LogP contribution in [0.4, 0.5) is 10.1 Å². The number of ether oxygens (including phenoxy) is 1. The SMILES string of the molecule is Cc1cc(F)ccc1NC(=O)C1(N)CCOCC1. The molecule has 98 valence electrons. The van der Waals surface area contributed by atoms with E-state index in [0.29, 0.717) is 37.3 Å². The zero-order valence-electron chi connectivity index (χ0n) is 10.3. The molecule has 1 saturated heterocycles. The smallest absolute Gasteiger partial charge is 0.244 e. The van der Waals surface area contributed by atoms with Crippen molar-refractivity contribution < 1.29 is 13.9 Å². The number of anilines is 1. The number of aryl methyl sites for hydroxylation is 1. The number of carbonyl (C=O) groups is 1. The molecule has 0 aliphatic carbocycles. The number of nitrogens with two attached hydrogens (primary N) is 1. The first-order valence-electron chi connectivity index (χ1n) is 5.95. The number of halogens is 1. The number of rotatable bonds is 2. The van der Waals surface area contributed by atoms with Gasteiger partial charge in [-0.05, 0) is 43.5 Å². The molecule has 1 aromatic rings. The standard InChI is InChI=1S/C13H17FN2O2/c1-9-8-10(14)2-3-11(9)16-12(17)13(15)4-6-18-7-5-13/h2-3,8H,4-7,15H2,1H3,(H,16,17). The van der Waals surface area contributed by atoms with Crippen molar-refractivity contribution in [2.24, 2.45) is 5.73 Å². The molecule has 0 saturated carbocycles. The van der Waals surface area contributed by atoms with Crippen LogP contribution in [0.5, 0.6) is 0 Å². The fourth-order valence-electron chi connectivity index (χ4n) is 1.98. The van der Waals surface area contributed by atoms with Gasteiger partial charge in [0.2, 0.25) is 5.91 Å². The molecule has 0 spiro atoms. The van der Waals surface area contributed by atoms with Gasteiger partial charge in [-0.25, -0.2) is 4.39 Å². The molecule has 1 amide bonds. The van der Waals surface area contributed by atoms with Crippen LogP contribution in [0.1, 0.15) is 18.4 Å². The Balaban J connectivity index is 2.11. The van der Waals surface area contributed by atoms with Gasteiger partial charge < -0.3 is 15.8 Å². The maximum absolute atomic E-state index is 13.0. The molecule has 0 atom stereocenters.